The lowest BCUT2D eigenvalue weighted by molar-refractivity contribution is 0.100. The average Bonchev–Trinajstić information content (AvgIpc) is 3.17. The summed E-state index contributed by atoms with van der Waals surface area (Å²) in [6.45, 7) is 0. The van der Waals surface area contributed by atoms with Gasteiger partial charge in [0.05, 0.1) is 11.4 Å². The minimum atomic E-state index is -0.467. The molecule has 19 heavy (non-hydrogen) atoms. The summed E-state index contributed by atoms with van der Waals surface area (Å²) >= 11 is 0. The van der Waals surface area contributed by atoms with Crippen molar-refractivity contribution in [3.8, 4) is 11.8 Å². The van der Waals surface area contributed by atoms with E-state index in [1.807, 2.05) is 0 Å². The third-order valence-corrected chi connectivity index (χ3v) is 3.17. The molecule has 6 nitrogen and oxygen atoms in total. The first kappa shape index (κ1) is 11.4. The molecule has 1 aliphatic carbocycles. The molecule has 0 aliphatic heterocycles. The van der Waals surface area contributed by atoms with Crippen LogP contribution < -0.4 is 5.73 Å². The third kappa shape index (κ3) is 1.95. The maximum absolute atomic E-state index is 11.0. The van der Waals surface area contributed by atoms with Gasteiger partial charge in [0.25, 0.3) is 0 Å². The number of rotatable bonds is 3. The Morgan fingerprint density at radius 2 is 2.05 bits per heavy atom. The maximum Gasteiger partial charge on any atom is 0.248 e. The quantitative estimate of drug-likeness (QED) is 0.885. The number of nitrogens with zero attached hydrogens (tertiary/aromatic N) is 4. The molecule has 1 aliphatic rings. The number of nitrogens with two attached hydrogens (primary N) is 1. The van der Waals surface area contributed by atoms with Gasteiger partial charge in [0.2, 0.25) is 5.91 Å². The number of nitriles is 1. The van der Waals surface area contributed by atoms with E-state index in [-0.39, 0.29) is 0 Å². The van der Waals surface area contributed by atoms with Crippen LogP contribution in [0, 0.1) is 11.3 Å². The molecule has 0 spiro atoms. The Labute approximate surface area is 109 Å². The topological polar surface area (TPSA) is 97.6 Å². The van der Waals surface area contributed by atoms with E-state index in [1.54, 1.807) is 28.9 Å². The van der Waals surface area contributed by atoms with Gasteiger partial charge in [-0.2, -0.15) is 5.26 Å². The van der Waals surface area contributed by atoms with Gasteiger partial charge in [-0.05, 0) is 37.1 Å². The van der Waals surface area contributed by atoms with Crippen LogP contribution in [0.4, 0.5) is 0 Å². The van der Waals surface area contributed by atoms with E-state index in [2.05, 4.69) is 16.4 Å². The highest BCUT2D eigenvalue weighted by molar-refractivity contribution is 5.92. The van der Waals surface area contributed by atoms with E-state index in [1.165, 1.54) is 0 Å². The number of benzene rings is 1. The highest BCUT2D eigenvalue weighted by atomic mass is 16.1. The van der Waals surface area contributed by atoms with Crippen LogP contribution in [0.25, 0.3) is 5.69 Å². The van der Waals surface area contributed by atoms with Crippen molar-refractivity contribution in [2.24, 2.45) is 5.73 Å². The smallest absolute Gasteiger partial charge is 0.248 e. The first-order chi connectivity index (χ1) is 9.20. The molecule has 1 amide bonds. The predicted molar refractivity (Wildman–Crippen MR) is 66.6 cm³/mol. The zero-order chi connectivity index (χ0) is 13.4. The van der Waals surface area contributed by atoms with Crippen LogP contribution in [0.5, 0.6) is 0 Å². The molecule has 2 N–H and O–H groups in total. The molecule has 1 aromatic carbocycles. The van der Waals surface area contributed by atoms with E-state index < -0.39 is 5.91 Å². The van der Waals surface area contributed by atoms with E-state index in [0.717, 1.165) is 24.2 Å². The Kier molecular flexibility index (Phi) is 2.53. The van der Waals surface area contributed by atoms with Crippen molar-refractivity contribution in [2.75, 3.05) is 0 Å². The Bertz CT molecular complexity index is 676. The molecular formula is C13H11N5O. The summed E-state index contributed by atoms with van der Waals surface area (Å²) < 4.78 is 1.67. The second-order valence-corrected chi connectivity index (χ2v) is 4.53. The van der Waals surface area contributed by atoms with Crippen LogP contribution in [0.2, 0.25) is 0 Å². The third-order valence-electron chi connectivity index (χ3n) is 3.17. The molecule has 6 heteroatoms. The van der Waals surface area contributed by atoms with Crippen LogP contribution >= 0.6 is 0 Å². The van der Waals surface area contributed by atoms with Gasteiger partial charge < -0.3 is 5.73 Å². The summed E-state index contributed by atoms with van der Waals surface area (Å²) in [5.74, 6) is -0.106. The summed E-state index contributed by atoms with van der Waals surface area (Å²) in [5, 5.41) is 17.0. The van der Waals surface area contributed by atoms with Gasteiger partial charge in [-0.15, -0.1) is 5.10 Å². The normalized spacial score (nSPS) is 14.1. The molecule has 0 radical (unpaired) electrons. The molecule has 0 saturated heterocycles. The van der Waals surface area contributed by atoms with Crippen molar-refractivity contribution in [1.29, 1.82) is 5.26 Å². The molecule has 1 heterocycles. The minimum Gasteiger partial charge on any atom is -0.366 e. The number of carbonyl (C=O) groups is 1. The maximum atomic E-state index is 11.0. The summed E-state index contributed by atoms with van der Waals surface area (Å²) in [5.41, 5.74) is 7.65. The zero-order valence-corrected chi connectivity index (χ0v) is 10.1. The Morgan fingerprint density at radius 1 is 1.37 bits per heavy atom. The van der Waals surface area contributed by atoms with Crippen molar-refractivity contribution >= 4 is 5.91 Å². The summed E-state index contributed by atoms with van der Waals surface area (Å²) in [4.78, 5) is 11.0. The number of primary amides is 1. The molecule has 3 rings (SSSR count). The van der Waals surface area contributed by atoms with E-state index in [4.69, 9.17) is 11.0 Å². The van der Waals surface area contributed by atoms with Crippen LogP contribution in [0.3, 0.4) is 0 Å². The number of hydrogen-bond donors (Lipinski definition) is 1. The zero-order valence-electron chi connectivity index (χ0n) is 10.1. The molecule has 1 fully saturated rings. The van der Waals surface area contributed by atoms with Gasteiger partial charge in [0.1, 0.15) is 6.07 Å². The van der Waals surface area contributed by atoms with Gasteiger partial charge in [-0.25, -0.2) is 4.68 Å². The van der Waals surface area contributed by atoms with Crippen molar-refractivity contribution < 1.29 is 4.79 Å². The van der Waals surface area contributed by atoms with Crippen molar-refractivity contribution in [3.63, 3.8) is 0 Å². The number of carbonyl (C=O) groups excluding carboxylic acids is 1. The first-order valence-corrected chi connectivity index (χ1v) is 5.96. The molecule has 0 unspecified atom stereocenters. The average molecular weight is 253 g/mol. The van der Waals surface area contributed by atoms with E-state index in [9.17, 15) is 4.79 Å². The fourth-order valence-corrected chi connectivity index (χ4v) is 2.05. The molecule has 2 aromatic rings. The van der Waals surface area contributed by atoms with Crippen molar-refractivity contribution in [2.45, 2.75) is 18.8 Å². The molecular weight excluding hydrogens is 242 g/mol. The van der Waals surface area contributed by atoms with E-state index >= 15 is 0 Å². The minimum absolute atomic E-state index is 0.362. The van der Waals surface area contributed by atoms with Crippen LogP contribution in [-0.2, 0) is 0 Å². The number of amides is 1. The van der Waals surface area contributed by atoms with Crippen LogP contribution in [0.1, 0.15) is 40.5 Å². The summed E-state index contributed by atoms with van der Waals surface area (Å²) in [6, 6.07) is 8.85. The Morgan fingerprint density at radius 3 is 2.58 bits per heavy atom. The Hall–Kier alpha value is -2.68. The van der Waals surface area contributed by atoms with Crippen LogP contribution in [-0.4, -0.2) is 20.9 Å². The van der Waals surface area contributed by atoms with Gasteiger partial charge in [0.15, 0.2) is 5.69 Å². The molecule has 1 aromatic heterocycles. The Balaban J connectivity index is 2.05. The lowest BCUT2D eigenvalue weighted by Gasteiger charge is -2.05. The second-order valence-electron chi connectivity index (χ2n) is 4.53. The molecule has 0 bridgehead atoms. The summed E-state index contributed by atoms with van der Waals surface area (Å²) in [6.07, 6.45) is 2.11. The first-order valence-electron chi connectivity index (χ1n) is 5.96. The molecule has 0 atom stereocenters. The van der Waals surface area contributed by atoms with Gasteiger partial charge in [-0.1, -0.05) is 5.21 Å². The standard InChI is InChI=1S/C13H11N5O/c14-7-11-12(8-1-2-8)18(17-16-11)10-5-3-9(4-6-10)13(15)19/h3-6,8H,1-2H2,(H2,15,19). The van der Waals surface area contributed by atoms with E-state index in [0.29, 0.717) is 17.2 Å². The van der Waals surface area contributed by atoms with Gasteiger partial charge in [-0.3, -0.25) is 4.79 Å². The highest BCUT2D eigenvalue weighted by Crippen LogP contribution is 2.41. The number of aromatic nitrogens is 3. The van der Waals surface area contributed by atoms with Crippen LogP contribution in [0.15, 0.2) is 24.3 Å². The number of hydrogen-bond acceptors (Lipinski definition) is 4. The largest absolute Gasteiger partial charge is 0.366 e. The molecule has 1 saturated carbocycles. The second kappa shape index (κ2) is 4.21. The van der Waals surface area contributed by atoms with Gasteiger partial charge in [0, 0.05) is 11.5 Å². The fraction of sp³-hybridized carbons (Fsp3) is 0.231. The van der Waals surface area contributed by atoms with Crippen molar-refractivity contribution in [3.05, 3.63) is 41.2 Å². The monoisotopic (exact) mass is 253 g/mol. The lowest BCUT2D eigenvalue weighted by Crippen LogP contribution is -2.11. The molecule has 94 valence electrons. The fourth-order valence-electron chi connectivity index (χ4n) is 2.05. The van der Waals surface area contributed by atoms with Crippen molar-refractivity contribution in [1.82, 2.24) is 15.0 Å². The summed E-state index contributed by atoms with van der Waals surface area (Å²) in [7, 11) is 0. The SMILES string of the molecule is N#Cc1nnn(-c2ccc(C(N)=O)cc2)c1C1CC1. The highest BCUT2D eigenvalue weighted by Gasteiger charge is 2.31. The lowest BCUT2D eigenvalue weighted by atomic mass is 10.2. The predicted octanol–water partition coefficient (Wildman–Crippen LogP) is 1.12. The van der Waals surface area contributed by atoms with Gasteiger partial charge >= 0.3 is 0 Å².